The second-order valence-corrected chi connectivity index (χ2v) is 7.73. The van der Waals surface area contributed by atoms with Gasteiger partial charge in [0.05, 0.1) is 4.90 Å². The zero-order chi connectivity index (χ0) is 18.5. The van der Waals surface area contributed by atoms with Crippen LogP contribution in [0.2, 0.25) is 0 Å². The van der Waals surface area contributed by atoms with Gasteiger partial charge in [0.1, 0.15) is 0 Å². The van der Waals surface area contributed by atoms with E-state index in [-0.39, 0.29) is 4.90 Å². The van der Waals surface area contributed by atoms with E-state index in [1.807, 2.05) is 6.07 Å². The van der Waals surface area contributed by atoms with Gasteiger partial charge >= 0.3 is 0 Å². The summed E-state index contributed by atoms with van der Waals surface area (Å²) in [5, 5.41) is 11.6. The lowest BCUT2D eigenvalue weighted by Crippen LogP contribution is -2.37. The quantitative estimate of drug-likeness (QED) is 0.318. The lowest BCUT2D eigenvalue weighted by molar-refractivity contribution is 0.583. The van der Waals surface area contributed by atoms with Crippen molar-refractivity contribution in [1.29, 1.82) is 0 Å². The second-order valence-electron chi connectivity index (χ2n) is 6.17. The number of aliphatic imine (C=N–C) groups is 1. The van der Waals surface area contributed by atoms with Gasteiger partial charge in [-0.15, -0.1) is 0 Å². The molecule has 0 saturated carbocycles. The van der Waals surface area contributed by atoms with Crippen LogP contribution < -0.4 is 15.8 Å². The summed E-state index contributed by atoms with van der Waals surface area (Å²) in [5.41, 5.74) is 0.838. The highest BCUT2D eigenvalue weighted by atomic mass is 32.2. The molecule has 7 heteroatoms. The first-order chi connectivity index (χ1) is 12.0. The number of nitrogens with two attached hydrogens (primary N) is 1. The third-order valence-electron chi connectivity index (χ3n) is 3.98. The van der Waals surface area contributed by atoms with E-state index in [1.165, 1.54) is 44.6 Å². The number of nitrogens with one attached hydrogen (secondary N) is 2. The van der Waals surface area contributed by atoms with Gasteiger partial charge in [0.25, 0.3) is 0 Å². The van der Waals surface area contributed by atoms with E-state index in [1.54, 1.807) is 19.2 Å². The fourth-order valence-corrected chi connectivity index (χ4v) is 3.11. The van der Waals surface area contributed by atoms with Crippen molar-refractivity contribution in [3.05, 3.63) is 29.8 Å². The number of rotatable bonds is 11. The van der Waals surface area contributed by atoms with Crippen molar-refractivity contribution in [2.45, 2.75) is 63.3 Å². The van der Waals surface area contributed by atoms with E-state index in [0.29, 0.717) is 12.5 Å². The van der Waals surface area contributed by atoms with E-state index in [4.69, 9.17) is 5.14 Å². The summed E-state index contributed by atoms with van der Waals surface area (Å²) in [5.74, 6) is 0.715. The van der Waals surface area contributed by atoms with Crippen LogP contribution in [0.1, 0.15) is 57.4 Å². The van der Waals surface area contributed by atoms with E-state index < -0.39 is 10.0 Å². The summed E-state index contributed by atoms with van der Waals surface area (Å²) in [4.78, 5) is 4.31. The van der Waals surface area contributed by atoms with Gasteiger partial charge in [0, 0.05) is 20.1 Å². The SMILES string of the molecule is CCCCCCCCCNC(=NC)NCc1cccc(S(N)(=O)=O)c1. The highest BCUT2D eigenvalue weighted by Gasteiger charge is 2.08. The maximum atomic E-state index is 11.4. The Labute approximate surface area is 152 Å². The van der Waals surface area contributed by atoms with Crippen LogP contribution in [0.15, 0.2) is 34.2 Å². The highest BCUT2D eigenvalue weighted by molar-refractivity contribution is 7.89. The minimum Gasteiger partial charge on any atom is -0.356 e. The smallest absolute Gasteiger partial charge is 0.238 e. The molecule has 0 heterocycles. The third-order valence-corrected chi connectivity index (χ3v) is 4.89. The summed E-state index contributed by atoms with van der Waals surface area (Å²) in [6, 6.07) is 6.61. The zero-order valence-corrected chi connectivity index (χ0v) is 16.2. The van der Waals surface area contributed by atoms with Crippen LogP contribution in [0.5, 0.6) is 0 Å². The fourth-order valence-electron chi connectivity index (χ4n) is 2.53. The highest BCUT2D eigenvalue weighted by Crippen LogP contribution is 2.09. The average molecular weight is 369 g/mol. The average Bonchev–Trinajstić information content (AvgIpc) is 2.59. The molecule has 0 amide bonds. The third kappa shape index (κ3) is 9.45. The van der Waals surface area contributed by atoms with Crippen LogP contribution in [0.25, 0.3) is 0 Å². The predicted molar refractivity (Wildman–Crippen MR) is 104 cm³/mol. The topological polar surface area (TPSA) is 96.6 Å². The van der Waals surface area contributed by atoms with Crippen LogP contribution in [0.3, 0.4) is 0 Å². The number of unbranched alkanes of at least 4 members (excludes halogenated alkanes) is 6. The Morgan fingerprint density at radius 3 is 2.40 bits per heavy atom. The predicted octanol–water partition coefficient (Wildman–Crippen LogP) is 2.75. The first-order valence-corrected chi connectivity index (χ1v) is 10.6. The maximum absolute atomic E-state index is 11.4. The molecule has 0 atom stereocenters. The molecule has 0 spiro atoms. The van der Waals surface area contributed by atoms with Gasteiger partial charge in [-0.25, -0.2) is 13.6 Å². The van der Waals surface area contributed by atoms with Gasteiger partial charge in [0.2, 0.25) is 10.0 Å². The second kappa shape index (κ2) is 11.9. The summed E-state index contributed by atoms with van der Waals surface area (Å²) in [7, 11) is -1.95. The number of guanidine groups is 1. The lowest BCUT2D eigenvalue weighted by Gasteiger charge is -2.12. The molecule has 1 rings (SSSR count). The zero-order valence-electron chi connectivity index (χ0n) is 15.4. The molecule has 6 nitrogen and oxygen atoms in total. The molecule has 0 aliphatic rings. The normalized spacial score (nSPS) is 12.2. The Balaban J connectivity index is 2.29. The van der Waals surface area contributed by atoms with Crippen LogP contribution in [-0.4, -0.2) is 28.0 Å². The van der Waals surface area contributed by atoms with E-state index >= 15 is 0 Å². The fraction of sp³-hybridized carbons (Fsp3) is 0.611. The molecule has 0 aromatic heterocycles. The number of hydrogen-bond donors (Lipinski definition) is 3. The maximum Gasteiger partial charge on any atom is 0.238 e. The van der Waals surface area contributed by atoms with Crippen LogP contribution >= 0.6 is 0 Å². The molecule has 0 aliphatic heterocycles. The van der Waals surface area contributed by atoms with E-state index in [9.17, 15) is 8.42 Å². The summed E-state index contributed by atoms with van der Waals surface area (Å²) >= 11 is 0. The van der Waals surface area contributed by atoms with Gasteiger partial charge < -0.3 is 10.6 Å². The summed E-state index contributed by atoms with van der Waals surface area (Å²) in [6.07, 6.45) is 8.91. The van der Waals surface area contributed by atoms with Crippen molar-refractivity contribution in [2.75, 3.05) is 13.6 Å². The Morgan fingerprint density at radius 2 is 1.76 bits per heavy atom. The Hall–Kier alpha value is -1.60. The summed E-state index contributed by atoms with van der Waals surface area (Å²) < 4.78 is 22.8. The Morgan fingerprint density at radius 1 is 1.08 bits per heavy atom. The largest absolute Gasteiger partial charge is 0.356 e. The van der Waals surface area contributed by atoms with Crippen molar-refractivity contribution < 1.29 is 8.42 Å². The number of nitrogens with zero attached hydrogens (tertiary/aromatic N) is 1. The van der Waals surface area contributed by atoms with Gasteiger partial charge in [0.15, 0.2) is 5.96 Å². The number of benzene rings is 1. The molecule has 0 fully saturated rings. The number of primary sulfonamides is 1. The van der Waals surface area contributed by atoms with Crippen molar-refractivity contribution in [3.8, 4) is 0 Å². The van der Waals surface area contributed by atoms with Gasteiger partial charge in [-0.2, -0.15) is 0 Å². The molecular formula is C18H32N4O2S. The van der Waals surface area contributed by atoms with Crippen molar-refractivity contribution in [2.24, 2.45) is 10.1 Å². The molecule has 0 bridgehead atoms. The molecule has 4 N–H and O–H groups in total. The monoisotopic (exact) mass is 368 g/mol. The Kier molecular flexibility index (Phi) is 10.2. The molecule has 142 valence electrons. The van der Waals surface area contributed by atoms with Crippen molar-refractivity contribution in [1.82, 2.24) is 10.6 Å². The molecule has 1 aromatic rings. The van der Waals surface area contributed by atoms with Gasteiger partial charge in [-0.1, -0.05) is 57.6 Å². The van der Waals surface area contributed by atoms with Crippen molar-refractivity contribution >= 4 is 16.0 Å². The molecule has 0 radical (unpaired) electrons. The van der Waals surface area contributed by atoms with Crippen LogP contribution in [-0.2, 0) is 16.6 Å². The van der Waals surface area contributed by atoms with Crippen LogP contribution in [0, 0.1) is 0 Å². The molecular weight excluding hydrogens is 336 g/mol. The summed E-state index contributed by atoms with van der Waals surface area (Å²) in [6.45, 7) is 3.60. The molecule has 0 saturated heterocycles. The van der Waals surface area contributed by atoms with E-state index in [0.717, 1.165) is 18.5 Å². The first kappa shape index (κ1) is 21.4. The standard InChI is InChI=1S/C18H32N4O2S/c1-3-4-5-6-7-8-9-13-21-18(20-2)22-15-16-11-10-12-17(14-16)25(19,23)24/h10-12,14H,3-9,13,15H2,1-2H3,(H2,19,23,24)(H2,20,21,22). The molecule has 0 aliphatic carbocycles. The Bertz CT molecular complexity index is 630. The number of hydrogen-bond acceptors (Lipinski definition) is 3. The van der Waals surface area contributed by atoms with Crippen LogP contribution in [0.4, 0.5) is 0 Å². The van der Waals surface area contributed by atoms with Gasteiger partial charge in [-0.3, -0.25) is 4.99 Å². The first-order valence-electron chi connectivity index (χ1n) is 9.03. The lowest BCUT2D eigenvalue weighted by atomic mass is 10.1. The van der Waals surface area contributed by atoms with Crippen molar-refractivity contribution in [3.63, 3.8) is 0 Å². The minimum absolute atomic E-state index is 0.123. The van der Waals surface area contributed by atoms with Gasteiger partial charge in [-0.05, 0) is 24.1 Å². The molecule has 0 unspecified atom stereocenters. The van der Waals surface area contributed by atoms with E-state index in [2.05, 4.69) is 22.5 Å². The molecule has 1 aromatic carbocycles. The molecule has 25 heavy (non-hydrogen) atoms. The minimum atomic E-state index is -3.67. The number of sulfonamides is 1.